The summed E-state index contributed by atoms with van der Waals surface area (Å²) < 4.78 is 0. The van der Waals surface area contributed by atoms with Gasteiger partial charge in [-0.05, 0) is 19.8 Å². The Kier molecular flexibility index (Phi) is 4.11. The van der Waals surface area contributed by atoms with E-state index in [1.165, 1.54) is 4.90 Å². The van der Waals surface area contributed by atoms with Crippen LogP contribution in [-0.4, -0.2) is 35.8 Å². The third-order valence-electron chi connectivity index (χ3n) is 3.59. The largest absolute Gasteiger partial charge is 0.353 e. The fourth-order valence-corrected chi connectivity index (χ4v) is 2.09. The number of piperazine rings is 1. The van der Waals surface area contributed by atoms with E-state index >= 15 is 0 Å². The van der Waals surface area contributed by atoms with Crippen LogP contribution in [0.1, 0.15) is 33.6 Å². The summed E-state index contributed by atoms with van der Waals surface area (Å²) >= 11 is 0. The number of hydrogen-bond acceptors (Lipinski definition) is 3. The van der Waals surface area contributed by atoms with Gasteiger partial charge in [0.05, 0.1) is 6.07 Å². The highest BCUT2D eigenvalue weighted by Crippen LogP contribution is 2.29. The second-order valence-corrected chi connectivity index (χ2v) is 4.37. The molecule has 1 aliphatic rings. The highest BCUT2D eigenvalue weighted by Gasteiger charge is 2.42. The second kappa shape index (κ2) is 5.17. The predicted octanol–water partition coefficient (Wildman–Crippen LogP) is 0.663. The predicted molar refractivity (Wildman–Crippen MR) is 62.8 cm³/mol. The first-order chi connectivity index (χ1) is 8.02. The van der Waals surface area contributed by atoms with Crippen molar-refractivity contribution in [1.29, 1.82) is 5.26 Å². The molecule has 1 heterocycles. The Morgan fingerprint density at radius 2 is 2.18 bits per heavy atom. The van der Waals surface area contributed by atoms with Gasteiger partial charge in [0.1, 0.15) is 11.5 Å². The quantitative estimate of drug-likeness (QED) is 0.783. The van der Waals surface area contributed by atoms with Crippen LogP contribution in [0.15, 0.2) is 0 Å². The minimum absolute atomic E-state index is 0.149. The van der Waals surface area contributed by atoms with Crippen molar-refractivity contribution in [2.24, 2.45) is 5.41 Å². The molecule has 1 N–H and O–H groups in total. The van der Waals surface area contributed by atoms with Gasteiger partial charge in [-0.1, -0.05) is 13.8 Å². The summed E-state index contributed by atoms with van der Waals surface area (Å²) in [6.45, 7) is 6.30. The average molecular weight is 237 g/mol. The fraction of sp³-hybridized carbons (Fsp3) is 0.750. The number of carbonyl (C=O) groups excluding carboxylic acids is 2. The molecule has 1 unspecified atom stereocenters. The van der Waals surface area contributed by atoms with Crippen molar-refractivity contribution in [2.45, 2.75) is 39.7 Å². The maximum absolute atomic E-state index is 12.4. The van der Waals surface area contributed by atoms with Gasteiger partial charge in [-0.2, -0.15) is 5.26 Å². The molecule has 5 nitrogen and oxygen atoms in total. The molecule has 5 heteroatoms. The van der Waals surface area contributed by atoms with Crippen LogP contribution in [0.3, 0.4) is 0 Å². The molecule has 1 atom stereocenters. The lowest BCUT2D eigenvalue weighted by atomic mass is 9.82. The van der Waals surface area contributed by atoms with Gasteiger partial charge < -0.3 is 10.2 Å². The van der Waals surface area contributed by atoms with E-state index in [0.717, 1.165) is 0 Å². The first-order valence-electron chi connectivity index (χ1n) is 6.02. The molecule has 0 bridgehead atoms. The van der Waals surface area contributed by atoms with E-state index in [0.29, 0.717) is 25.9 Å². The molecule has 0 aliphatic carbocycles. The van der Waals surface area contributed by atoms with E-state index in [2.05, 4.69) is 11.4 Å². The SMILES string of the molecule is CCC(C#N)(CC)C(=O)N1CCNC(=O)C1C. The Bertz CT molecular complexity index is 355. The van der Waals surface area contributed by atoms with Crippen molar-refractivity contribution < 1.29 is 9.59 Å². The topological polar surface area (TPSA) is 73.2 Å². The van der Waals surface area contributed by atoms with E-state index in [9.17, 15) is 14.9 Å². The third-order valence-corrected chi connectivity index (χ3v) is 3.59. The molecule has 94 valence electrons. The third kappa shape index (κ3) is 2.26. The van der Waals surface area contributed by atoms with E-state index in [-0.39, 0.29) is 11.8 Å². The van der Waals surface area contributed by atoms with E-state index in [1.54, 1.807) is 6.92 Å². The molecule has 2 amide bonds. The number of nitrogens with zero attached hydrogens (tertiary/aromatic N) is 2. The molecule has 1 fully saturated rings. The Labute approximate surface area is 102 Å². The van der Waals surface area contributed by atoms with Crippen LogP contribution >= 0.6 is 0 Å². The molecular weight excluding hydrogens is 218 g/mol. The van der Waals surface area contributed by atoms with Gasteiger partial charge in [0.15, 0.2) is 0 Å². The zero-order chi connectivity index (χ0) is 13.1. The maximum Gasteiger partial charge on any atom is 0.243 e. The molecule has 0 radical (unpaired) electrons. The van der Waals surface area contributed by atoms with Crippen LogP contribution in [0.4, 0.5) is 0 Å². The molecule has 1 aliphatic heterocycles. The van der Waals surface area contributed by atoms with Crippen molar-refractivity contribution in [3.8, 4) is 6.07 Å². The summed E-state index contributed by atoms with van der Waals surface area (Å²) in [6.07, 6.45) is 0.952. The molecule has 17 heavy (non-hydrogen) atoms. The monoisotopic (exact) mass is 237 g/mol. The maximum atomic E-state index is 12.4. The minimum atomic E-state index is -0.980. The second-order valence-electron chi connectivity index (χ2n) is 4.37. The van der Waals surface area contributed by atoms with E-state index in [1.807, 2.05) is 13.8 Å². The highest BCUT2D eigenvalue weighted by atomic mass is 16.2. The molecule has 0 aromatic carbocycles. The summed E-state index contributed by atoms with van der Waals surface area (Å²) in [5.74, 6) is -0.365. The van der Waals surface area contributed by atoms with Crippen LogP contribution in [0.2, 0.25) is 0 Å². The van der Waals surface area contributed by atoms with Gasteiger partial charge in [0, 0.05) is 13.1 Å². The molecule has 0 spiro atoms. The first-order valence-corrected chi connectivity index (χ1v) is 6.02. The fourth-order valence-electron chi connectivity index (χ4n) is 2.09. The van der Waals surface area contributed by atoms with Gasteiger partial charge in [0.2, 0.25) is 11.8 Å². The lowest BCUT2D eigenvalue weighted by molar-refractivity contribution is -0.148. The van der Waals surface area contributed by atoms with Gasteiger partial charge in [0.25, 0.3) is 0 Å². The Hall–Kier alpha value is -1.57. The summed E-state index contributed by atoms with van der Waals surface area (Å²) in [7, 11) is 0. The minimum Gasteiger partial charge on any atom is -0.353 e. The van der Waals surface area contributed by atoms with Gasteiger partial charge in [-0.15, -0.1) is 0 Å². The van der Waals surface area contributed by atoms with Crippen LogP contribution < -0.4 is 5.32 Å². The molecule has 1 rings (SSSR count). The summed E-state index contributed by atoms with van der Waals surface area (Å²) in [5.41, 5.74) is -0.980. The van der Waals surface area contributed by atoms with E-state index < -0.39 is 11.5 Å². The van der Waals surface area contributed by atoms with Gasteiger partial charge >= 0.3 is 0 Å². The molecule has 1 saturated heterocycles. The molecule has 0 aromatic rings. The lowest BCUT2D eigenvalue weighted by Gasteiger charge is -2.37. The molecular formula is C12H19N3O2. The summed E-state index contributed by atoms with van der Waals surface area (Å²) in [6, 6.07) is 1.64. The number of amides is 2. The van der Waals surface area contributed by atoms with Crippen molar-refractivity contribution >= 4 is 11.8 Å². The first kappa shape index (κ1) is 13.5. The normalized spacial score (nSPS) is 20.7. The summed E-state index contributed by atoms with van der Waals surface area (Å²) in [4.78, 5) is 25.4. The number of hydrogen-bond donors (Lipinski definition) is 1. The number of carbonyl (C=O) groups is 2. The van der Waals surface area contributed by atoms with Crippen LogP contribution in [0, 0.1) is 16.7 Å². The smallest absolute Gasteiger partial charge is 0.243 e. The van der Waals surface area contributed by atoms with Crippen LogP contribution in [-0.2, 0) is 9.59 Å². The highest BCUT2D eigenvalue weighted by molar-refractivity contribution is 5.92. The van der Waals surface area contributed by atoms with Crippen molar-refractivity contribution in [3.63, 3.8) is 0 Å². The van der Waals surface area contributed by atoms with Crippen LogP contribution in [0.5, 0.6) is 0 Å². The summed E-state index contributed by atoms with van der Waals surface area (Å²) in [5, 5.41) is 11.9. The molecule has 0 saturated carbocycles. The van der Waals surface area contributed by atoms with E-state index in [4.69, 9.17) is 0 Å². The van der Waals surface area contributed by atoms with Gasteiger partial charge in [-0.3, -0.25) is 9.59 Å². The Morgan fingerprint density at radius 3 is 2.65 bits per heavy atom. The number of nitrogens with one attached hydrogen (secondary N) is 1. The zero-order valence-electron chi connectivity index (χ0n) is 10.6. The molecule has 0 aromatic heterocycles. The Morgan fingerprint density at radius 1 is 1.59 bits per heavy atom. The van der Waals surface area contributed by atoms with Crippen LogP contribution in [0.25, 0.3) is 0 Å². The zero-order valence-corrected chi connectivity index (χ0v) is 10.6. The van der Waals surface area contributed by atoms with Gasteiger partial charge in [-0.25, -0.2) is 0 Å². The number of rotatable bonds is 3. The van der Waals surface area contributed by atoms with Crippen molar-refractivity contribution in [3.05, 3.63) is 0 Å². The van der Waals surface area contributed by atoms with Crippen molar-refractivity contribution in [2.75, 3.05) is 13.1 Å². The average Bonchev–Trinajstić information content (AvgIpc) is 2.35. The van der Waals surface area contributed by atoms with Crippen molar-refractivity contribution in [1.82, 2.24) is 10.2 Å². The Balaban J connectivity index is 2.95. The standard InChI is InChI=1S/C12H19N3O2/c1-4-12(5-2,8-13)11(17)15-7-6-14-10(16)9(15)3/h9H,4-7H2,1-3H3,(H,14,16). The lowest BCUT2D eigenvalue weighted by Crippen LogP contribution is -2.58. The number of nitriles is 1.